The molecule has 1 aromatic rings. The highest BCUT2D eigenvalue weighted by atomic mass is 32.2. The van der Waals surface area contributed by atoms with Gasteiger partial charge < -0.3 is 26.1 Å². The smallest absolute Gasteiger partial charge is 0.352 e. The third-order valence-corrected chi connectivity index (χ3v) is 6.83. The Balaban J connectivity index is 1.78. The molecule has 0 spiro atoms. The van der Waals surface area contributed by atoms with Gasteiger partial charge in [-0.15, -0.1) is 23.1 Å². The number of aromatic nitrogens is 1. The molecule has 15 heteroatoms. The normalized spacial score (nSPS) is 20.7. The number of nitrogens with two attached hydrogens (primary N) is 1. The van der Waals surface area contributed by atoms with Crippen molar-refractivity contribution in [1.29, 1.82) is 0 Å². The number of hydrogen-bond donors (Lipinski definition) is 4. The molecule has 166 valence electrons. The van der Waals surface area contributed by atoms with Crippen LogP contribution in [0, 0.1) is 0 Å². The zero-order valence-electron chi connectivity index (χ0n) is 15.9. The van der Waals surface area contributed by atoms with E-state index in [1.807, 2.05) is 6.26 Å². The summed E-state index contributed by atoms with van der Waals surface area (Å²) in [6, 6.07) is -0.983. The van der Waals surface area contributed by atoms with Crippen molar-refractivity contribution in [2.24, 2.45) is 5.16 Å². The number of nitrogens with one attached hydrogen (secondary N) is 1. The number of hydrogen-bond acceptors (Lipinski definition) is 11. The van der Waals surface area contributed by atoms with Crippen molar-refractivity contribution in [3.05, 3.63) is 22.3 Å². The van der Waals surface area contributed by atoms with Crippen LogP contribution in [0.25, 0.3) is 0 Å². The van der Waals surface area contributed by atoms with E-state index in [1.165, 1.54) is 33.8 Å². The van der Waals surface area contributed by atoms with Crippen molar-refractivity contribution in [2.45, 2.75) is 11.4 Å². The number of nitrogen functional groups attached to an aromatic ring is 1. The average molecular weight is 488 g/mol. The largest absolute Gasteiger partial charge is 0.479 e. The maximum atomic E-state index is 12.8. The standard InChI is InChI=1S/C16H17N5O7S3/c1-29-3-6-4-30-14-10(13(25)21(14)11(6)15(26)27)19-12(24)9(20-28-2-8(22)23)7-5-31-16(17)18-7/h5,10,14H,2-4H2,1H3,(H2,17,18)(H,19,24)(H,22,23)(H,26,27)/b20-9-/t10-,14+/m1/s1. The van der Waals surface area contributed by atoms with E-state index in [-0.39, 0.29) is 22.2 Å². The fourth-order valence-corrected chi connectivity index (χ4v) is 5.54. The van der Waals surface area contributed by atoms with E-state index in [2.05, 4.69) is 20.3 Å². The molecule has 3 rings (SSSR count). The van der Waals surface area contributed by atoms with Crippen LogP contribution in [0.3, 0.4) is 0 Å². The van der Waals surface area contributed by atoms with Gasteiger partial charge in [0.25, 0.3) is 11.8 Å². The number of carboxylic acid groups (broad SMARTS) is 2. The number of carboxylic acids is 2. The summed E-state index contributed by atoms with van der Waals surface area (Å²) in [4.78, 5) is 57.6. The summed E-state index contributed by atoms with van der Waals surface area (Å²) in [7, 11) is 0. The minimum Gasteiger partial charge on any atom is -0.479 e. The molecule has 5 N–H and O–H groups in total. The topological polar surface area (TPSA) is 185 Å². The van der Waals surface area contributed by atoms with Crippen molar-refractivity contribution in [2.75, 3.05) is 30.1 Å². The van der Waals surface area contributed by atoms with E-state index in [0.717, 1.165) is 11.3 Å². The first-order valence-corrected chi connectivity index (χ1v) is 11.9. The van der Waals surface area contributed by atoms with Crippen LogP contribution in [0.4, 0.5) is 5.13 Å². The molecule has 1 fully saturated rings. The van der Waals surface area contributed by atoms with Crippen LogP contribution in [0.1, 0.15) is 5.69 Å². The van der Waals surface area contributed by atoms with Crippen LogP contribution >= 0.6 is 34.9 Å². The maximum Gasteiger partial charge on any atom is 0.352 e. The number of oxime groups is 1. The molecule has 0 bridgehead atoms. The Bertz CT molecular complexity index is 992. The molecule has 2 atom stereocenters. The number of fused-ring (bicyclic) bond motifs is 1. The first-order valence-electron chi connectivity index (χ1n) is 8.57. The molecule has 0 aromatic carbocycles. The van der Waals surface area contributed by atoms with Gasteiger partial charge in [-0.25, -0.2) is 14.6 Å². The molecule has 2 aliphatic rings. The lowest BCUT2D eigenvalue weighted by molar-refractivity contribution is -0.150. The number of amides is 2. The van der Waals surface area contributed by atoms with E-state index in [0.29, 0.717) is 17.1 Å². The molecule has 1 aromatic heterocycles. The number of thiazole rings is 1. The highest BCUT2D eigenvalue weighted by Gasteiger charge is 2.54. The number of carbonyl (C=O) groups excluding carboxylic acids is 2. The van der Waals surface area contributed by atoms with E-state index in [1.54, 1.807) is 0 Å². The lowest BCUT2D eigenvalue weighted by Gasteiger charge is -2.49. The molecular weight excluding hydrogens is 470 g/mol. The Labute approximate surface area is 187 Å². The summed E-state index contributed by atoms with van der Waals surface area (Å²) >= 11 is 3.83. The summed E-state index contributed by atoms with van der Waals surface area (Å²) in [5.41, 5.74) is 5.87. The van der Waals surface area contributed by atoms with Gasteiger partial charge in [0.05, 0.1) is 0 Å². The van der Waals surface area contributed by atoms with Crippen LogP contribution in [0.5, 0.6) is 0 Å². The minimum absolute atomic E-state index is 0.0543. The molecule has 0 aliphatic carbocycles. The van der Waals surface area contributed by atoms with Crippen LogP contribution in [0.2, 0.25) is 0 Å². The third-order valence-electron chi connectivity index (χ3n) is 4.18. The number of β-lactam (4-membered cyclic amide) rings is 1. The first-order chi connectivity index (χ1) is 14.7. The van der Waals surface area contributed by atoms with Gasteiger partial charge in [0.1, 0.15) is 22.8 Å². The summed E-state index contributed by atoms with van der Waals surface area (Å²) < 4.78 is 0. The Morgan fingerprint density at radius 3 is 2.77 bits per heavy atom. The summed E-state index contributed by atoms with van der Waals surface area (Å²) in [5.74, 6) is -3.00. The second-order valence-corrected chi connectivity index (χ2v) is 9.09. The van der Waals surface area contributed by atoms with Gasteiger partial charge in [0.2, 0.25) is 6.61 Å². The SMILES string of the molecule is CSCC1=C(C(=O)O)N2C(=O)[C@@H](NC(=O)/C(=N\OCC(=O)O)c3csc(N)n3)[C@@H]2SC1. The summed E-state index contributed by atoms with van der Waals surface area (Å²) in [6.45, 7) is -0.782. The second-order valence-electron chi connectivity index (χ2n) is 6.23. The predicted molar refractivity (Wildman–Crippen MR) is 115 cm³/mol. The first kappa shape index (κ1) is 22.9. The molecule has 0 saturated carbocycles. The fourth-order valence-electron chi connectivity index (χ4n) is 2.93. The second kappa shape index (κ2) is 9.57. The molecule has 0 radical (unpaired) electrons. The number of carbonyl (C=O) groups is 4. The average Bonchev–Trinajstić information content (AvgIpc) is 3.14. The Morgan fingerprint density at radius 1 is 1.45 bits per heavy atom. The Morgan fingerprint density at radius 2 is 2.19 bits per heavy atom. The highest BCUT2D eigenvalue weighted by molar-refractivity contribution is 8.00. The van der Waals surface area contributed by atoms with Gasteiger partial charge >= 0.3 is 11.9 Å². The van der Waals surface area contributed by atoms with Crippen molar-refractivity contribution in [3.63, 3.8) is 0 Å². The number of thioether (sulfide) groups is 2. The Kier molecular flexibility index (Phi) is 7.07. The zero-order valence-corrected chi connectivity index (χ0v) is 18.4. The van der Waals surface area contributed by atoms with Gasteiger partial charge in [-0.1, -0.05) is 5.16 Å². The zero-order chi connectivity index (χ0) is 22.7. The molecule has 2 amide bonds. The van der Waals surface area contributed by atoms with Crippen LogP contribution in [-0.2, 0) is 24.0 Å². The highest BCUT2D eigenvalue weighted by Crippen LogP contribution is 2.40. The molecule has 2 aliphatic heterocycles. The quantitative estimate of drug-likeness (QED) is 0.202. The molecule has 31 heavy (non-hydrogen) atoms. The van der Waals surface area contributed by atoms with Gasteiger partial charge in [-0.2, -0.15) is 11.8 Å². The van der Waals surface area contributed by atoms with Gasteiger partial charge in [-0.3, -0.25) is 14.5 Å². The van der Waals surface area contributed by atoms with Crippen molar-refractivity contribution >= 4 is 69.5 Å². The number of aliphatic carboxylic acids is 2. The number of anilines is 1. The van der Waals surface area contributed by atoms with Crippen molar-refractivity contribution in [3.8, 4) is 0 Å². The maximum absolute atomic E-state index is 12.8. The van der Waals surface area contributed by atoms with E-state index < -0.39 is 41.8 Å². The predicted octanol–water partition coefficient (Wildman–Crippen LogP) is -0.368. The third kappa shape index (κ3) is 4.77. The van der Waals surface area contributed by atoms with E-state index in [4.69, 9.17) is 10.8 Å². The van der Waals surface area contributed by atoms with Gasteiger partial charge in [-0.05, 0) is 11.8 Å². The molecule has 0 unspecified atom stereocenters. The van der Waals surface area contributed by atoms with Crippen LogP contribution in [-0.4, -0.2) is 85.3 Å². The Hall–Kier alpha value is -2.78. The van der Waals surface area contributed by atoms with E-state index in [9.17, 15) is 24.3 Å². The number of rotatable bonds is 9. The van der Waals surface area contributed by atoms with Crippen LogP contribution in [0.15, 0.2) is 21.8 Å². The molecule has 12 nitrogen and oxygen atoms in total. The fraction of sp³-hybridized carbons (Fsp3) is 0.375. The summed E-state index contributed by atoms with van der Waals surface area (Å²) in [6.07, 6.45) is 1.84. The monoisotopic (exact) mass is 487 g/mol. The van der Waals surface area contributed by atoms with Crippen LogP contribution < -0.4 is 11.1 Å². The number of nitrogens with zero attached hydrogens (tertiary/aromatic N) is 3. The van der Waals surface area contributed by atoms with E-state index >= 15 is 0 Å². The lowest BCUT2D eigenvalue weighted by Crippen LogP contribution is -2.71. The molecule has 3 heterocycles. The summed E-state index contributed by atoms with van der Waals surface area (Å²) in [5, 5.41) is 25.3. The van der Waals surface area contributed by atoms with Gasteiger partial charge in [0.15, 0.2) is 10.8 Å². The van der Waals surface area contributed by atoms with Crippen molar-refractivity contribution in [1.82, 2.24) is 15.2 Å². The van der Waals surface area contributed by atoms with Gasteiger partial charge in [0, 0.05) is 16.9 Å². The van der Waals surface area contributed by atoms with Crippen molar-refractivity contribution < 1.29 is 34.2 Å². The minimum atomic E-state index is -1.29. The molecule has 1 saturated heterocycles. The lowest BCUT2D eigenvalue weighted by atomic mass is 10.0. The molecular formula is C16H17N5O7S3.